The van der Waals surface area contributed by atoms with E-state index in [4.69, 9.17) is 11.6 Å². The van der Waals surface area contributed by atoms with Crippen LogP contribution in [0.1, 0.15) is 78.1 Å². The third-order valence-corrected chi connectivity index (χ3v) is 4.39. The van der Waals surface area contributed by atoms with E-state index >= 15 is 0 Å². The van der Waals surface area contributed by atoms with Gasteiger partial charge in [-0.05, 0) is 25.5 Å². The molecule has 0 spiro atoms. The highest BCUT2D eigenvalue weighted by Gasteiger charge is 2.11. The first kappa shape index (κ1) is 17.6. The van der Waals surface area contributed by atoms with Crippen LogP contribution < -0.4 is 0 Å². The molecule has 0 bridgehead atoms. The number of allylic oxidation sites excluding steroid dienone is 2. The van der Waals surface area contributed by atoms with Gasteiger partial charge in [0, 0.05) is 12.7 Å². The van der Waals surface area contributed by atoms with Gasteiger partial charge in [-0.2, -0.15) is 0 Å². The molecule has 2 heteroatoms. The van der Waals surface area contributed by atoms with Gasteiger partial charge in [-0.25, -0.2) is 0 Å². The van der Waals surface area contributed by atoms with Gasteiger partial charge in [-0.3, -0.25) is 0 Å². The molecule has 0 saturated carbocycles. The summed E-state index contributed by atoms with van der Waals surface area (Å²) in [5.41, 5.74) is 1.32. The number of nitrogens with zero attached hydrogens (tertiary/aromatic N) is 1. The molecule has 0 N–H and O–H groups in total. The van der Waals surface area contributed by atoms with Crippen LogP contribution >= 0.6 is 11.6 Å². The van der Waals surface area contributed by atoms with E-state index in [0.717, 1.165) is 6.54 Å². The van der Waals surface area contributed by atoms with Gasteiger partial charge in [0.1, 0.15) is 5.50 Å². The van der Waals surface area contributed by atoms with E-state index in [2.05, 4.69) is 37.1 Å². The smallest absolute Gasteiger partial charge is 0.123 e. The third kappa shape index (κ3) is 7.99. The van der Waals surface area contributed by atoms with Crippen molar-refractivity contribution in [1.82, 2.24) is 4.90 Å². The maximum atomic E-state index is 6.30. The first-order valence-electron chi connectivity index (χ1n) is 8.50. The molecule has 0 aromatic rings. The molecule has 0 aromatic carbocycles. The molecule has 20 heavy (non-hydrogen) atoms. The quantitative estimate of drug-likeness (QED) is 0.247. The summed E-state index contributed by atoms with van der Waals surface area (Å²) in [6.07, 6.45) is 20.3. The van der Waals surface area contributed by atoms with Gasteiger partial charge in [0.15, 0.2) is 0 Å². The summed E-state index contributed by atoms with van der Waals surface area (Å²) in [6.45, 7) is 5.47. The summed E-state index contributed by atoms with van der Waals surface area (Å²) in [4.78, 5) is 2.24. The Morgan fingerprint density at radius 1 is 0.950 bits per heavy atom. The number of unbranched alkanes of at least 4 members (excludes halogenated alkanes) is 9. The molecule has 1 aliphatic rings. The summed E-state index contributed by atoms with van der Waals surface area (Å²) < 4.78 is 0. The van der Waals surface area contributed by atoms with Crippen LogP contribution in [0, 0.1) is 0 Å². The first-order chi connectivity index (χ1) is 9.74. The molecule has 0 radical (unpaired) electrons. The fourth-order valence-corrected chi connectivity index (χ4v) is 3.00. The molecule has 1 unspecified atom stereocenters. The normalized spacial score (nSPS) is 18.4. The van der Waals surface area contributed by atoms with Gasteiger partial charge in [-0.15, -0.1) is 0 Å². The second kappa shape index (κ2) is 11.3. The Bertz CT molecular complexity index is 296. The largest absolute Gasteiger partial charge is 0.358 e. The molecule has 0 amide bonds. The third-order valence-electron chi connectivity index (χ3n) is 4.02. The molecule has 0 aliphatic carbocycles. The van der Waals surface area contributed by atoms with E-state index in [0.29, 0.717) is 0 Å². The number of hydrogen-bond donors (Lipinski definition) is 0. The number of hydrogen-bond acceptors (Lipinski definition) is 1. The average Bonchev–Trinajstić information content (AvgIpc) is 2.43. The molecular weight excluding hydrogens is 266 g/mol. The van der Waals surface area contributed by atoms with Gasteiger partial charge >= 0.3 is 0 Å². The number of rotatable bonds is 11. The van der Waals surface area contributed by atoms with Crippen molar-refractivity contribution in [3.8, 4) is 0 Å². The zero-order valence-electron chi connectivity index (χ0n) is 13.4. The highest BCUT2D eigenvalue weighted by Crippen LogP contribution is 2.18. The standard InChI is InChI=1S/C18H32ClN/c1-3-4-5-6-7-8-9-10-11-12-14-20-15-13-17(2)16-18(20)19/h13,15-16,18H,3-12,14H2,1-2H3. The second-order valence-electron chi connectivity index (χ2n) is 6.02. The van der Waals surface area contributed by atoms with Crippen molar-refractivity contribution in [2.75, 3.05) is 6.54 Å². The Kier molecular flexibility index (Phi) is 9.92. The van der Waals surface area contributed by atoms with Gasteiger partial charge in [0.05, 0.1) is 0 Å². The molecule has 1 nitrogen and oxygen atoms in total. The van der Waals surface area contributed by atoms with Crippen molar-refractivity contribution in [1.29, 1.82) is 0 Å². The predicted molar refractivity (Wildman–Crippen MR) is 91.1 cm³/mol. The number of halogens is 1. The minimum absolute atomic E-state index is 0.0542. The molecule has 0 saturated heterocycles. The lowest BCUT2D eigenvalue weighted by molar-refractivity contribution is 0.364. The van der Waals surface area contributed by atoms with E-state index in [1.54, 1.807) is 0 Å². The second-order valence-corrected chi connectivity index (χ2v) is 6.47. The average molecular weight is 298 g/mol. The van der Waals surface area contributed by atoms with Crippen molar-refractivity contribution in [2.24, 2.45) is 0 Å². The molecule has 0 aromatic heterocycles. The lowest BCUT2D eigenvalue weighted by Gasteiger charge is -2.27. The Morgan fingerprint density at radius 3 is 2.05 bits per heavy atom. The van der Waals surface area contributed by atoms with Crippen LogP contribution in [-0.2, 0) is 0 Å². The summed E-state index contributed by atoms with van der Waals surface area (Å²) >= 11 is 6.30. The van der Waals surface area contributed by atoms with Crippen molar-refractivity contribution >= 4 is 11.6 Å². The van der Waals surface area contributed by atoms with Crippen molar-refractivity contribution in [3.63, 3.8) is 0 Å². The van der Waals surface area contributed by atoms with Crippen molar-refractivity contribution in [3.05, 3.63) is 23.9 Å². The minimum atomic E-state index is 0.0542. The highest BCUT2D eigenvalue weighted by molar-refractivity contribution is 6.21. The molecule has 1 atom stereocenters. The summed E-state index contributed by atoms with van der Waals surface area (Å²) in [6, 6.07) is 0. The molecule has 1 aliphatic heterocycles. The van der Waals surface area contributed by atoms with E-state index in [9.17, 15) is 0 Å². The zero-order valence-corrected chi connectivity index (χ0v) is 14.2. The van der Waals surface area contributed by atoms with Gasteiger partial charge in [-0.1, -0.05) is 81.9 Å². The highest BCUT2D eigenvalue weighted by atomic mass is 35.5. The van der Waals surface area contributed by atoms with Gasteiger partial charge in [0.25, 0.3) is 0 Å². The summed E-state index contributed by atoms with van der Waals surface area (Å²) in [5, 5.41) is 0. The first-order valence-corrected chi connectivity index (χ1v) is 8.94. The Labute approximate surface area is 131 Å². The number of alkyl halides is 1. The topological polar surface area (TPSA) is 3.24 Å². The lowest BCUT2D eigenvalue weighted by Crippen LogP contribution is -2.27. The van der Waals surface area contributed by atoms with Crippen LogP contribution in [0.4, 0.5) is 0 Å². The van der Waals surface area contributed by atoms with Crippen LogP contribution in [-0.4, -0.2) is 16.9 Å². The van der Waals surface area contributed by atoms with E-state index in [1.807, 2.05) is 0 Å². The van der Waals surface area contributed by atoms with Crippen LogP contribution in [0.3, 0.4) is 0 Å². The summed E-state index contributed by atoms with van der Waals surface area (Å²) in [7, 11) is 0. The van der Waals surface area contributed by atoms with Crippen molar-refractivity contribution < 1.29 is 0 Å². The Hall–Kier alpha value is -0.430. The van der Waals surface area contributed by atoms with E-state index < -0.39 is 0 Å². The predicted octanol–water partition coefficient (Wildman–Crippen LogP) is 6.25. The van der Waals surface area contributed by atoms with Crippen molar-refractivity contribution in [2.45, 2.75) is 83.6 Å². The minimum Gasteiger partial charge on any atom is -0.358 e. The van der Waals surface area contributed by atoms with Gasteiger partial charge < -0.3 is 4.90 Å². The van der Waals surface area contributed by atoms with Crippen LogP contribution in [0.5, 0.6) is 0 Å². The molecule has 1 rings (SSSR count). The van der Waals surface area contributed by atoms with Crippen LogP contribution in [0.2, 0.25) is 0 Å². The molecule has 116 valence electrons. The summed E-state index contributed by atoms with van der Waals surface area (Å²) in [5.74, 6) is 0. The fraction of sp³-hybridized carbons (Fsp3) is 0.778. The SMILES string of the molecule is CCCCCCCCCCCCN1C=CC(C)=CC1Cl. The van der Waals surface area contributed by atoms with E-state index in [1.165, 1.54) is 69.8 Å². The molecule has 0 fully saturated rings. The van der Waals surface area contributed by atoms with E-state index in [-0.39, 0.29) is 5.50 Å². The van der Waals surface area contributed by atoms with Gasteiger partial charge in [0.2, 0.25) is 0 Å². The maximum absolute atomic E-state index is 6.30. The Morgan fingerprint density at radius 2 is 1.50 bits per heavy atom. The zero-order chi connectivity index (χ0) is 14.6. The lowest BCUT2D eigenvalue weighted by atomic mass is 10.1. The van der Waals surface area contributed by atoms with Crippen LogP contribution in [0.25, 0.3) is 0 Å². The van der Waals surface area contributed by atoms with Crippen LogP contribution in [0.15, 0.2) is 23.9 Å². The maximum Gasteiger partial charge on any atom is 0.123 e. The molecule has 1 heterocycles. The fourth-order valence-electron chi connectivity index (χ4n) is 2.64. The Balaban J connectivity index is 1.89. The monoisotopic (exact) mass is 297 g/mol. The molecular formula is C18H32ClN.